The quantitative estimate of drug-likeness (QED) is 0.813. The molecule has 0 spiro atoms. The molecule has 1 N–H and O–H groups in total. The molecule has 0 aromatic heterocycles. The van der Waals surface area contributed by atoms with Gasteiger partial charge in [-0.3, -0.25) is 0 Å². The van der Waals surface area contributed by atoms with Crippen molar-refractivity contribution in [1.82, 2.24) is 10.2 Å². The van der Waals surface area contributed by atoms with Gasteiger partial charge in [-0.2, -0.15) is 11.8 Å². The molecule has 1 fully saturated rings. The Morgan fingerprint density at radius 2 is 1.89 bits per heavy atom. The van der Waals surface area contributed by atoms with Crippen LogP contribution in [0.5, 0.6) is 0 Å². The van der Waals surface area contributed by atoms with E-state index in [1.807, 2.05) is 11.8 Å². The zero-order valence-electron chi connectivity index (χ0n) is 11.7. The summed E-state index contributed by atoms with van der Waals surface area (Å²) in [5.41, 5.74) is 1.44. The molecule has 19 heavy (non-hydrogen) atoms. The average molecular weight is 301 g/mol. The van der Waals surface area contributed by atoms with Gasteiger partial charge in [0.15, 0.2) is 0 Å². The number of nitrogens with zero attached hydrogens (tertiary/aromatic N) is 1. The van der Waals surface area contributed by atoms with Crippen molar-refractivity contribution in [2.24, 2.45) is 0 Å². The van der Waals surface area contributed by atoms with E-state index in [9.17, 15) is 0 Å². The molecule has 2 nitrogen and oxygen atoms in total. The molecular formula is C15H25ClN2S. The van der Waals surface area contributed by atoms with Crippen LogP contribution in [-0.2, 0) is 5.75 Å². The van der Waals surface area contributed by atoms with Crippen LogP contribution in [0.15, 0.2) is 30.3 Å². The normalized spacial score (nSPS) is 16.3. The highest BCUT2D eigenvalue weighted by Crippen LogP contribution is 2.14. The second kappa shape index (κ2) is 9.65. The summed E-state index contributed by atoms with van der Waals surface area (Å²) in [7, 11) is 2.28. The van der Waals surface area contributed by atoms with Crippen molar-refractivity contribution >= 4 is 24.2 Å². The van der Waals surface area contributed by atoms with Gasteiger partial charge in [0.05, 0.1) is 0 Å². The van der Waals surface area contributed by atoms with E-state index in [0.717, 1.165) is 11.8 Å². The summed E-state index contributed by atoms with van der Waals surface area (Å²) in [6.45, 7) is 3.58. The van der Waals surface area contributed by atoms with E-state index < -0.39 is 0 Å². The second-order valence-electron chi connectivity index (χ2n) is 5.00. The fourth-order valence-electron chi connectivity index (χ4n) is 2.40. The van der Waals surface area contributed by atoms with Gasteiger partial charge in [-0.05, 0) is 38.5 Å². The molecule has 2 rings (SSSR count). The molecule has 0 saturated carbocycles. The van der Waals surface area contributed by atoms with Crippen molar-refractivity contribution < 1.29 is 0 Å². The van der Waals surface area contributed by atoms with Gasteiger partial charge < -0.3 is 10.2 Å². The Balaban J connectivity index is 0.00000180. The SMILES string of the molecule is CN(CCSCc1ccccc1)C1CCNCC1.Cl. The van der Waals surface area contributed by atoms with E-state index in [4.69, 9.17) is 0 Å². The van der Waals surface area contributed by atoms with E-state index in [-0.39, 0.29) is 12.4 Å². The second-order valence-corrected chi connectivity index (χ2v) is 6.11. The number of hydrogen-bond donors (Lipinski definition) is 1. The zero-order chi connectivity index (χ0) is 12.6. The third kappa shape index (κ3) is 6.17. The molecule has 1 heterocycles. The first kappa shape index (κ1) is 16.8. The molecule has 1 aliphatic rings. The van der Waals surface area contributed by atoms with Crippen molar-refractivity contribution in [2.75, 3.05) is 32.4 Å². The van der Waals surface area contributed by atoms with Crippen LogP contribution in [0.2, 0.25) is 0 Å². The van der Waals surface area contributed by atoms with E-state index in [1.54, 1.807) is 0 Å². The van der Waals surface area contributed by atoms with Gasteiger partial charge >= 0.3 is 0 Å². The highest BCUT2D eigenvalue weighted by molar-refractivity contribution is 7.98. The summed E-state index contributed by atoms with van der Waals surface area (Å²) in [5, 5.41) is 3.43. The lowest BCUT2D eigenvalue weighted by atomic mass is 10.1. The highest BCUT2D eigenvalue weighted by atomic mass is 35.5. The van der Waals surface area contributed by atoms with Gasteiger partial charge in [-0.15, -0.1) is 12.4 Å². The van der Waals surface area contributed by atoms with Crippen LogP contribution >= 0.6 is 24.2 Å². The largest absolute Gasteiger partial charge is 0.317 e. The summed E-state index contributed by atoms with van der Waals surface area (Å²) in [5.74, 6) is 2.37. The standard InChI is InChI=1S/C15H24N2S.ClH/c1-17(15-7-9-16-10-8-15)11-12-18-13-14-5-3-2-4-6-14;/h2-6,15-16H,7-13H2,1H3;1H. The molecule has 4 heteroatoms. The summed E-state index contributed by atoms with van der Waals surface area (Å²) in [4.78, 5) is 2.54. The summed E-state index contributed by atoms with van der Waals surface area (Å²) < 4.78 is 0. The number of hydrogen-bond acceptors (Lipinski definition) is 3. The minimum Gasteiger partial charge on any atom is -0.317 e. The number of rotatable bonds is 6. The van der Waals surface area contributed by atoms with E-state index in [2.05, 4.69) is 47.6 Å². The molecule has 1 aromatic rings. The molecular weight excluding hydrogens is 276 g/mol. The third-order valence-electron chi connectivity index (χ3n) is 3.63. The number of thioether (sulfide) groups is 1. The average Bonchev–Trinajstić information content (AvgIpc) is 2.45. The number of piperidine rings is 1. The molecule has 0 bridgehead atoms. The lowest BCUT2D eigenvalue weighted by Gasteiger charge is -2.31. The van der Waals surface area contributed by atoms with E-state index in [0.29, 0.717) is 0 Å². The van der Waals surface area contributed by atoms with Gasteiger partial charge in [-0.25, -0.2) is 0 Å². The Hall–Kier alpha value is -0.220. The van der Waals surface area contributed by atoms with Crippen LogP contribution in [0.3, 0.4) is 0 Å². The first-order valence-electron chi connectivity index (χ1n) is 6.89. The zero-order valence-corrected chi connectivity index (χ0v) is 13.3. The van der Waals surface area contributed by atoms with E-state index in [1.165, 1.54) is 43.8 Å². The van der Waals surface area contributed by atoms with Gasteiger partial charge in [0.25, 0.3) is 0 Å². The Morgan fingerprint density at radius 3 is 2.58 bits per heavy atom. The maximum Gasteiger partial charge on any atom is 0.0185 e. The van der Waals surface area contributed by atoms with Crippen molar-refractivity contribution in [3.8, 4) is 0 Å². The van der Waals surface area contributed by atoms with Gasteiger partial charge in [-0.1, -0.05) is 30.3 Å². The Kier molecular flexibility index (Phi) is 8.55. The predicted octanol–water partition coefficient (Wildman–Crippen LogP) is 3.03. The summed E-state index contributed by atoms with van der Waals surface area (Å²) in [6.07, 6.45) is 2.61. The molecule has 1 aliphatic heterocycles. The minimum atomic E-state index is 0. The Labute approximate surface area is 127 Å². The summed E-state index contributed by atoms with van der Waals surface area (Å²) in [6, 6.07) is 11.5. The van der Waals surface area contributed by atoms with Crippen LogP contribution in [-0.4, -0.2) is 43.4 Å². The molecule has 1 saturated heterocycles. The monoisotopic (exact) mass is 300 g/mol. The van der Waals surface area contributed by atoms with Crippen LogP contribution in [0.25, 0.3) is 0 Å². The van der Waals surface area contributed by atoms with Crippen LogP contribution in [0, 0.1) is 0 Å². The fourth-order valence-corrected chi connectivity index (χ4v) is 3.39. The van der Waals surface area contributed by atoms with Gasteiger partial charge in [0.1, 0.15) is 0 Å². The molecule has 0 unspecified atom stereocenters. The molecule has 0 amide bonds. The smallest absolute Gasteiger partial charge is 0.0185 e. The van der Waals surface area contributed by atoms with Crippen LogP contribution in [0.4, 0.5) is 0 Å². The minimum absolute atomic E-state index is 0. The Morgan fingerprint density at radius 1 is 1.21 bits per heavy atom. The highest BCUT2D eigenvalue weighted by Gasteiger charge is 2.16. The topological polar surface area (TPSA) is 15.3 Å². The maximum absolute atomic E-state index is 3.43. The maximum atomic E-state index is 3.43. The van der Waals surface area contributed by atoms with Gasteiger partial charge in [0.2, 0.25) is 0 Å². The molecule has 0 atom stereocenters. The number of halogens is 1. The van der Waals surface area contributed by atoms with E-state index >= 15 is 0 Å². The molecule has 0 aliphatic carbocycles. The first-order chi connectivity index (χ1) is 8.86. The van der Waals surface area contributed by atoms with Crippen molar-refractivity contribution in [3.05, 3.63) is 35.9 Å². The lowest BCUT2D eigenvalue weighted by molar-refractivity contribution is 0.210. The van der Waals surface area contributed by atoms with Crippen molar-refractivity contribution in [1.29, 1.82) is 0 Å². The first-order valence-corrected chi connectivity index (χ1v) is 8.04. The van der Waals surface area contributed by atoms with Crippen LogP contribution < -0.4 is 5.32 Å². The van der Waals surface area contributed by atoms with Crippen molar-refractivity contribution in [3.63, 3.8) is 0 Å². The molecule has 1 aromatic carbocycles. The number of benzene rings is 1. The lowest BCUT2D eigenvalue weighted by Crippen LogP contribution is -2.41. The van der Waals surface area contributed by atoms with Crippen molar-refractivity contribution in [2.45, 2.75) is 24.6 Å². The Bertz CT molecular complexity index is 328. The number of nitrogens with one attached hydrogen (secondary N) is 1. The van der Waals surface area contributed by atoms with Crippen LogP contribution in [0.1, 0.15) is 18.4 Å². The molecule has 0 radical (unpaired) electrons. The third-order valence-corrected chi connectivity index (χ3v) is 4.64. The molecule has 108 valence electrons. The predicted molar refractivity (Wildman–Crippen MR) is 88.4 cm³/mol. The summed E-state index contributed by atoms with van der Waals surface area (Å²) >= 11 is 2.04. The fraction of sp³-hybridized carbons (Fsp3) is 0.600. The van der Waals surface area contributed by atoms with Gasteiger partial charge in [0, 0.05) is 24.1 Å².